The van der Waals surface area contributed by atoms with Crippen LogP contribution < -0.4 is 0 Å². The average molecular weight is 376 g/mol. The first-order chi connectivity index (χ1) is 11.0. The zero-order chi connectivity index (χ0) is 18.1. The molecule has 7 nitrogen and oxygen atoms in total. The van der Waals surface area contributed by atoms with Crippen LogP contribution in [0.15, 0.2) is 11.4 Å². The first-order valence-corrected chi connectivity index (χ1v) is 9.71. The van der Waals surface area contributed by atoms with Crippen molar-refractivity contribution in [1.29, 1.82) is 0 Å². The van der Waals surface area contributed by atoms with Crippen molar-refractivity contribution in [2.45, 2.75) is 44.9 Å². The summed E-state index contributed by atoms with van der Waals surface area (Å²) in [7, 11) is -3.65. The fourth-order valence-corrected chi connectivity index (χ4v) is 4.07. The van der Waals surface area contributed by atoms with Crippen molar-refractivity contribution in [3.8, 4) is 0 Å². The van der Waals surface area contributed by atoms with Crippen LogP contribution >= 0.6 is 11.6 Å². The van der Waals surface area contributed by atoms with Gasteiger partial charge in [0.15, 0.2) is 0 Å². The molecule has 0 unspecified atom stereocenters. The van der Waals surface area contributed by atoms with E-state index in [0.717, 1.165) is 0 Å². The molecule has 0 bridgehead atoms. The average Bonchev–Trinajstić information content (AvgIpc) is 2.87. The highest BCUT2D eigenvalue weighted by Crippen LogP contribution is 2.23. The lowest BCUT2D eigenvalue weighted by Crippen LogP contribution is -2.35. The first kappa shape index (κ1) is 18.9. The monoisotopic (exact) mass is 375 g/mol. The number of sulfone groups is 1. The van der Waals surface area contributed by atoms with Gasteiger partial charge in [-0.25, -0.2) is 23.2 Å². The minimum absolute atomic E-state index is 0.119. The van der Waals surface area contributed by atoms with Gasteiger partial charge in [0.2, 0.25) is 15.0 Å². The topological polar surface area (TPSA) is 89.5 Å². The Morgan fingerprint density at radius 3 is 2.71 bits per heavy atom. The summed E-state index contributed by atoms with van der Waals surface area (Å²) in [4.78, 5) is 21.3. The fraction of sp³-hybridized carbons (Fsp3) is 0.667. The van der Waals surface area contributed by atoms with E-state index in [1.54, 1.807) is 27.7 Å². The third kappa shape index (κ3) is 4.80. The molecule has 1 aliphatic rings. The van der Waals surface area contributed by atoms with Gasteiger partial charge in [0.05, 0.1) is 5.75 Å². The fourth-order valence-electron chi connectivity index (χ4n) is 2.40. The molecule has 0 N–H and O–H groups in total. The molecule has 1 aromatic rings. The quantitative estimate of drug-likeness (QED) is 0.595. The van der Waals surface area contributed by atoms with Gasteiger partial charge in [-0.3, -0.25) is 0 Å². The van der Waals surface area contributed by atoms with E-state index < -0.39 is 21.5 Å². The number of ether oxygens (including phenoxy) is 1. The lowest BCUT2D eigenvalue weighted by Gasteiger charge is -2.24. The molecule has 2 heterocycles. The molecular formula is C15H22ClN3O4S. The molecule has 1 aromatic heterocycles. The van der Waals surface area contributed by atoms with Crippen molar-refractivity contribution in [1.82, 2.24) is 14.9 Å². The molecular weight excluding hydrogens is 354 g/mol. The zero-order valence-electron chi connectivity index (χ0n) is 14.2. The molecule has 0 saturated carbocycles. The van der Waals surface area contributed by atoms with Gasteiger partial charge in [-0.1, -0.05) is 11.6 Å². The summed E-state index contributed by atoms with van der Waals surface area (Å²) in [5, 5.41) is -0.140. The molecule has 0 aromatic carbocycles. The highest BCUT2D eigenvalue weighted by Gasteiger charge is 2.33. The van der Waals surface area contributed by atoms with E-state index in [1.807, 2.05) is 0 Å². The number of likely N-dealkylation sites (tertiary alicyclic amines) is 1. The summed E-state index contributed by atoms with van der Waals surface area (Å²) in [6.45, 7) is 7.90. The van der Waals surface area contributed by atoms with E-state index in [-0.39, 0.29) is 22.0 Å². The summed E-state index contributed by atoms with van der Waals surface area (Å²) in [6, 6.07) is 0. The maximum atomic E-state index is 12.4. The number of carbonyl (C=O) groups excluding carboxylic acids is 1. The number of aromatic nitrogens is 2. The first-order valence-electron chi connectivity index (χ1n) is 7.68. The van der Waals surface area contributed by atoms with Crippen LogP contribution in [0, 0.1) is 12.8 Å². The van der Waals surface area contributed by atoms with Crippen molar-refractivity contribution < 1.29 is 17.9 Å². The maximum Gasteiger partial charge on any atom is 0.410 e. The molecule has 1 aliphatic heterocycles. The maximum absolute atomic E-state index is 12.4. The largest absolute Gasteiger partial charge is 0.444 e. The standard InChI is InChI=1S/C15H22ClN3O4S/c1-10-7-17-13(18-12(10)16)24(21,22)9-11-5-6-19(8-11)14(20)23-15(2,3)4/h7,11H,5-6,8-9H2,1-4H3/t11-/m0/s1. The van der Waals surface area contributed by atoms with E-state index in [2.05, 4.69) is 9.97 Å². The van der Waals surface area contributed by atoms with Gasteiger partial charge in [0.25, 0.3) is 0 Å². The minimum atomic E-state index is -3.65. The second kappa shape index (κ2) is 6.84. The Balaban J connectivity index is 2.01. The van der Waals surface area contributed by atoms with Gasteiger partial charge >= 0.3 is 6.09 Å². The molecule has 24 heavy (non-hydrogen) atoms. The van der Waals surface area contributed by atoms with Crippen LogP contribution in [0.4, 0.5) is 4.79 Å². The molecule has 9 heteroatoms. The van der Waals surface area contributed by atoms with Crippen LogP contribution in [0.3, 0.4) is 0 Å². The predicted octanol–water partition coefficient (Wildman–Crippen LogP) is 2.47. The zero-order valence-corrected chi connectivity index (χ0v) is 15.8. The van der Waals surface area contributed by atoms with E-state index >= 15 is 0 Å². The van der Waals surface area contributed by atoms with Crippen LogP contribution in [-0.2, 0) is 14.6 Å². The highest BCUT2D eigenvalue weighted by molar-refractivity contribution is 7.91. The minimum Gasteiger partial charge on any atom is -0.444 e. The lowest BCUT2D eigenvalue weighted by molar-refractivity contribution is 0.0289. The molecule has 1 atom stereocenters. The highest BCUT2D eigenvalue weighted by atomic mass is 35.5. The van der Waals surface area contributed by atoms with Crippen LogP contribution in [0.2, 0.25) is 5.15 Å². The molecule has 134 valence electrons. The smallest absolute Gasteiger partial charge is 0.410 e. The van der Waals surface area contributed by atoms with E-state index in [0.29, 0.717) is 25.1 Å². The summed E-state index contributed by atoms with van der Waals surface area (Å²) in [6.07, 6.45) is 1.57. The normalized spacial score (nSPS) is 18.7. The molecule has 2 rings (SSSR count). The van der Waals surface area contributed by atoms with Gasteiger partial charge in [0, 0.05) is 24.8 Å². The summed E-state index contributed by atoms with van der Waals surface area (Å²) in [5.74, 6) is -0.294. The molecule has 1 amide bonds. The number of hydrogen-bond donors (Lipinski definition) is 0. The van der Waals surface area contributed by atoms with Crippen LogP contribution in [0.25, 0.3) is 0 Å². The third-order valence-electron chi connectivity index (χ3n) is 3.56. The number of amides is 1. The van der Waals surface area contributed by atoms with Gasteiger partial charge in [0.1, 0.15) is 10.8 Å². The van der Waals surface area contributed by atoms with Crippen molar-refractivity contribution in [2.75, 3.05) is 18.8 Å². The van der Waals surface area contributed by atoms with Crippen LogP contribution in [-0.4, -0.2) is 53.8 Å². The number of hydrogen-bond acceptors (Lipinski definition) is 6. The molecule has 0 spiro atoms. The van der Waals surface area contributed by atoms with Gasteiger partial charge in [-0.05, 0) is 40.0 Å². The Labute approximate surface area is 147 Å². The van der Waals surface area contributed by atoms with E-state index in [1.165, 1.54) is 11.1 Å². The lowest BCUT2D eigenvalue weighted by atomic mass is 10.2. The second-order valence-corrected chi connectivity index (χ2v) is 9.27. The Morgan fingerprint density at radius 1 is 1.46 bits per heavy atom. The number of halogens is 1. The third-order valence-corrected chi connectivity index (χ3v) is 5.60. The number of aryl methyl sites for hydroxylation is 1. The van der Waals surface area contributed by atoms with E-state index in [4.69, 9.17) is 16.3 Å². The number of carbonyl (C=O) groups is 1. The van der Waals surface area contributed by atoms with Crippen molar-refractivity contribution in [3.63, 3.8) is 0 Å². The second-order valence-electron chi connectivity index (χ2n) is 6.99. The van der Waals surface area contributed by atoms with E-state index in [9.17, 15) is 13.2 Å². The van der Waals surface area contributed by atoms with Crippen LogP contribution in [0.1, 0.15) is 32.8 Å². The number of nitrogens with zero attached hydrogens (tertiary/aromatic N) is 3. The molecule has 0 radical (unpaired) electrons. The number of rotatable bonds is 3. The SMILES string of the molecule is Cc1cnc(S(=O)(=O)C[C@H]2CCN(C(=O)OC(C)(C)C)C2)nc1Cl. The Morgan fingerprint density at radius 2 is 2.12 bits per heavy atom. The Kier molecular flexibility index (Phi) is 5.39. The summed E-state index contributed by atoms with van der Waals surface area (Å²) < 4.78 is 30.2. The van der Waals surface area contributed by atoms with Crippen molar-refractivity contribution >= 4 is 27.5 Å². The van der Waals surface area contributed by atoms with Gasteiger partial charge < -0.3 is 9.64 Å². The van der Waals surface area contributed by atoms with Gasteiger partial charge in [-0.15, -0.1) is 0 Å². The summed E-state index contributed by atoms with van der Waals surface area (Å²) >= 11 is 5.88. The van der Waals surface area contributed by atoms with Gasteiger partial charge in [-0.2, -0.15) is 0 Å². The molecule has 0 aliphatic carbocycles. The Bertz CT molecular complexity index is 731. The van der Waals surface area contributed by atoms with Crippen molar-refractivity contribution in [2.24, 2.45) is 5.92 Å². The molecule has 1 saturated heterocycles. The Hall–Kier alpha value is -1.41. The van der Waals surface area contributed by atoms with Crippen molar-refractivity contribution in [3.05, 3.63) is 16.9 Å². The predicted molar refractivity (Wildman–Crippen MR) is 89.7 cm³/mol. The summed E-state index contributed by atoms with van der Waals surface area (Å²) in [5.41, 5.74) is 0.0425. The van der Waals surface area contributed by atoms with Crippen LogP contribution in [0.5, 0.6) is 0 Å². The molecule has 1 fully saturated rings.